The van der Waals surface area contributed by atoms with E-state index in [1.54, 1.807) is 11.0 Å². The van der Waals surface area contributed by atoms with Gasteiger partial charge in [0.05, 0.1) is 18.5 Å². The molecule has 4 unspecified atom stereocenters. The number of hydrogen-bond acceptors (Lipinski definition) is 4. The maximum absolute atomic E-state index is 12.9. The van der Waals surface area contributed by atoms with Gasteiger partial charge in [-0.3, -0.25) is 14.4 Å². The number of ketones is 1. The summed E-state index contributed by atoms with van der Waals surface area (Å²) in [4.78, 5) is 38.7. The third-order valence-electron chi connectivity index (χ3n) is 6.27. The van der Waals surface area contributed by atoms with Crippen molar-refractivity contribution in [2.24, 2.45) is 17.8 Å². The lowest BCUT2D eigenvalue weighted by Gasteiger charge is -2.37. The second-order valence-electron chi connectivity index (χ2n) is 7.63. The highest BCUT2D eigenvalue weighted by Crippen LogP contribution is 2.66. The van der Waals surface area contributed by atoms with Crippen molar-refractivity contribution in [2.45, 2.75) is 24.9 Å². The number of piperazine rings is 1. The van der Waals surface area contributed by atoms with Gasteiger partial charge in [0.2, 0.25) is 11.8 Å². The van der Waals surface area contributed by atoms with Crippen LogP contribution in [-0.2, 0) is 9.59 Å². The fraction of sp³-hybridized carbons (Fsp3) is 0.526. The molecule has 1 saturated heterocycles. The molecule has 4 atom stereocenters. The number of benzene rings is 1. The number of nitrogens with one attached hydrogen (secondary N) is 1. The fourth-order valence-corrected chi connectivity index (χ4v) is 5.14. The van der Waals surface area contributed by atoms with E-state index in [0.717, 1.165) is 12.8 Å². The van der Waals surface area contributed by atoms with Crippen LogP contribution < -0.4 is 10.1 Å². The van der Waals surface area contributed by atoms with Gasteiger partial charge >= 0.3 is 0 Å². The Morgan fingerprint density at radius 2 is 2.12 bits per heavy atom. The maximum Gasteiger partial charge on any atom is 0.239 e. The van der Waals surface area contributed by atoms with Crippen LogP contribution in [0.2, 0.25) is 0 Å². The Morgan fingerprint density at radius 1 is 1.28 bits per heavy atom. The zero-order valence-corrected chi connectivity index (χ0v) is 13.9. The predicted octanol–water partition coefficient (Wildman–Crippen LogP) is 1.00. The highest BCUT2D eigenvalue weighted by atomic mass is 16.5. The summed E-state index contributed by atoms with van der Waals surface area (Å²) in [5, 5.41) is 2.75. The first-order valence-electron chi connectivity index (χ1n) is 8.96. The molecule has 6 nitrogen and oxygen atoms in total. The van der Waals surface area contributed by atoms with Crippen LogP contribution in [0.5, 0.6) is 5.75 Å². The second kappa shape index (κ2) is 5.07. The van der Waals surface area contributed by atoms with Crippen molar-refractivity contribution in [3.63, 3.8) is 0 Å². The molecule has 130 valence electrons. The summed E-state index contributed by atoms with van der Waals surface area (Å²) in [6, 6.07) is 7.37. The van der Waals surface area contributed by atoms with Crippen molar-refractivity contribution in [3.05, 3.63) is 29.8 Å². The number of amides is 2. The van der Waals surface area contributed by atoms with E-state index in [1.807, 2.05) is 18.2 Å². The van der Waals surface area contributed by atoms with E-state index in [-0.39, 0.29) is 41.9 Å². The maximum atomic E-state index is 12.9. The first-order chi connectivity index (χ1) is 12.1. The summed E-state index contributed by atoms with van der Waals surface area (Å²) in [5.74, 6) is 1.00. The van der Waals surface area contributed by atoms with Gasteiger partial charge < -0.3 is 15.0 Å². The Morgan fingerprint density at radius 3 is 2.96 bits per heavy atom. The molecular formula is C19H20N2O4. The van der Waals surface area contributed by atoms with Gasteiger partial charge in [-0.15, -0.1) is 0 Å². The Bertz CT molecular complexity index is 791. The standard InChI is InChI=1S/C19H20N2O4/c22-13-9-19(25-14-4-2-1-3-11(13)14)6-5-12-16(17(12)19)18(24)21-8-7-20-15(23)10-21/h1-4,12,16-17H,5-10H2,(H,20,23). The van der Waals surface area contributed by atoms with Crippen LogP contribution in [0.1, 0.15) is 29.6 Å². The quantitative estimate of drug-likeness (QED) is 0.828. The van der Waals surface area contributed by atoms with Gasteiger partial charge in [-0.05, 0) is 30.9 Å². The molecule has 5 rings (SSSR count). The van der Waals surface area contributed by atoms with E-state index >= 15 is 0 Å². The second-order valence-corrected chi connectivity index (χ2v) is 7.63. The minimum atomic E-state index is -0.533. The summed E-state index contributed by atoms with van der Waals surface area (Å²) < 4.78 is 6.32. The molecule has 0 bridgehead atoms. The predicted molar refractivity (Wildman–Crippen MR) is 88.0 cm³/mol. The van der Waals surface area contributed by atoms with E-state index in [2.05, 4.69) is 5.32 Å². The van der Waals surface area contributed by atoms with Crippen molar-refractivity contribution >= 4 is 17.6 Å². The highest BCUT2D eigenvalue weighted by Gasteiger charge is 2.71. The number of carbonyl (C=O) groups is 3. The van der Waals surface area contributed by atoms with Crippen LogP contribution in [0.4, 0.5) is 0 Å². The molecule has 3 fully saturated rings. The normalized spacial score (nSPS) is 35.7. The first-order valence-corrected chi connectivity index (χ1v) is 8.96. The number of fused-ring (bicyclic) bond motifs is 3. The van der Waals surface area contributed by atoms with Gasteiger partial charge in [0, 0.05) is 24.9 Å². The van der Waals surface area contributed by atoms with Gasteiger partial charge in [-0.1, -0.05) is 12.1 Å². The number of carbonyl (C=O) groups excluding carboxylic acids is 3. The zero-order chi connectivity index (χ0) is 17.2. The van der Waals surface area contributed by atoms with E-state index in [9.17, 15) is 14.4 Å². The average Bonchev–Trinajstić information content (AvgIpc) is 3.25. The lowest BCUT2D eigenvalue weighted by molar-refractivity contribution is -0.140. The van der Waals surface area contributed by atoms with E-state index in [1.165, 1.54) is 0 Å². The van der Waals surface area contributed by atoms with Crippen molar-refractivity contribution in [2.75, 3.05) is 19.6 Å². The molecule has 4 aliphatic rings. The van der Waals surface area contributed by atoms with Crippen LogP contribution >= 0.6 is 0 Å². The smallest absolute Gasteiger partial charge is 0.239 e. The molecule has 2 saturated carbocycles. The molecular weight excluding hydrogens is 320 g/mol. The molecule has 2 aliphatic heterocycles. The lowest BCUT2D eigenvalue weighted by Crippen LogP contribution is -2.51. The van der Waals surface area contributed by atoms with Crippen LogP contribution in [0.15, 0.2) is 24.3 Å². The van der Waals surface area contributed by atoms with Gasteiger partial charge in [-0.25, -0.2) is 0 Å². The monoisotopic (exact) mass is 340 g/mol. The number of rotatable bonds is 1. The number of para-hydroxylation sites is 1. The molecule has 25 heavy (non-hydrogen) atoms. The van der Waals surface area contributed by atoms with E-state index < -0.39 is 5.60 Å². The molecule has 2 heterocycles. The minimum absolute atomic E-state index is 0.0545. The number of Topliss-reactive ketones (excluding diaryl/α,β-unsaturated/α-hetero) is 1. The highest BCUT2D eigenvalue weighted by molar-refractivity contribution is 6.00. The van der Waals surface area contributed by atoms with Crippen LogP contribution in [0.25, 0.3) is 0 Å². The summed E-state index contributed by atoms with van der Waals surface area (Å²) >= 11 is 0. The first kappa shape index (κ1) is 14.9. The molecule has 1 spiro atoms. The molecule has 2 aliphatic carbocycles. The SMILES string of the molecule is O=C1CN(C(=O)C2C3CCC4(CC(=O)c5ccccc5O4)C32)CCN1. The third-order valence-corrected chi connectivity index (χ3v) is 6.27. The Kier molecular flexibility index (Phi) is 3.03. The van der Waals surface area contributed by atoms with Crippen molar-refractivity contribution in [1.29, 1.82) is 0 Å². The van der Waals surface area contributed by atoms with Gasteiger partial charge in [0.15, 0.2) is 5.78 Å². The zero-order valence-electron chi connectivity index (χ0n) is 13.9. The van der Waals surface area contributed by atoms with Crippen LogP contribution in [0.3, 0.4) is 0 Å². The van der Waals surface area contributed by atoms with Crippen molar-refractivity contribution < 1.29 is 19.1 Å². The number of hydrogen-bond donors (Lipinski definition) is 1. The molecule has 1 N–H and O–H groups in total. The Labute approximate surface area is 145 Å². The molecule has 6 heteroatoms. The summed E-state index contributed by atoms with van der Waals surface area (Å²) in [6.07, 6.45) is 2.10. The van der Waals surface area contributed by atoms with E-state index in [0.29, 0.717) is 30.8 Å². The van der Waals surface area contributed by atoms with Crippen LogP contribution in [-0.4, -0.2) is 47.7 Å². The van der Waals surface area contributed by atoms with Crippen molar-refractivity contribution in [3.8, 4) is 5.75 Å². The molecule has 1 aromatic carbocycles. The molecule has 1 aromatic rings. The largest absolute Gasteiger partial charge is 0.486 e. The van der Waals surface area contributed by atoms with Gasteiger partial charge in [0.1, 0.15) is 11.4 Å². The Hall–Kier alpha value is -2.37. The average molecular weight is 340 g/mol. The van der Waals surface area contributed by atoms with E-state index in [4.69, 9.17) is 4.74 Å². The fourth-order valence-electron chi connectivity index (χ4n) is 5.14. The summed E-state index contributed by atoms with van der Waals surface area (Å²) in [5.41, 5.74) is 0.113. The van der Waals surface area contributed by atoms with Crippen molar-refractivity contribution in [1.82, 2.24) is 10.2 Å². The molecule has 2 amide bonds. The topological polar surface area (TPSA) is 75.7 Å². The summed E-state index contributed by atoms with van der Waals surface area (Å²) in [7, 11) is 0. The van der Waals surface area contributed by atoms with Crippen LogP contribution in [0, 0.1) is 17.8 Å². The summed E-state index contributed by atoms with van der Waals surface area (Å²) in [6.45, 7) is 1.22. The Balaban J connectivity index is 1.39. The third kappa shape index (κ3) is 2.12. The lowest BCUT2D eigenvalue weighted by atomic mass is 9.84. The molecule has 0 radical (unpaired) electrons. The number of nitrogens with zero attached hydrogens (tertiary/aromatic N) is 1. The number of ether oxygens (including phenoxy) is 1. The minimum Gasteiger partial charge on any atom is -0.486 e. The van der Waals surface area contributed by atoms with Gasteiger partial charge in [-0.2, -0.15) is 0 Å². The van der Waals surface area contributed by atoms with Gasteiger partial charge in [0.25, 0.3) is 0 Å². The molecule has 0 aromatic heterocycles.